The zero-order valence-corrected chi connectivity index (χ0v) is 15.1. The van der Waals surface area contributed by atoms with E-state index in [4.69, 9.17) is 0 Å². The van der Waals surface area contributed by atoms with Gasteiger partial charge >= 0.3 is 0 Å². The molecule has 0 saturated heterocycles. The minimum absolute atomic E-state index is 0.104. The van der Waals surface area contributed by atoms with Gasteiger partial charge in [-0.1, -0.05) is 0 Å². The van der Waals surface area contributed by atoms with Crippen molar-refractivity contribution in [1.82, 2.24) is 5.32 Å². The van der Waals surface area contributed by atoms with Gasteiger partial charge in [-0.15, -0.1) is 11.8 Å². The van der Waals surface area contributed by atoms with E-state index in [1.165, 1.54) is 62.4 Å². The first-order valence-electron chi connectivity index (χ1n) is 9.20. The fourth-order valence-electron chi connectivity index (χ4n) is 5.82. The standard InChI is InChI=1S/C20H26FNOS/c1-13(20-9-14-6-15(10-20)8-16(7-14)11-20)22-19(23)12-24-18-4-2-17(21)3-5-18/h2-5,13-16H,6-12H2,1H3,(H,22,23). The maximum absolute atomic E-state index is 12.9. The quantitative estimate of drug-likeness (QED) is 0.786. The van der Waals surface area contributed by atoms with Crippen LogP contribution in [0.25, 0.3) is 0 Å². The number of nitrogens with one attached hydrogen (secondary N) is 1. The molecule has 1 amide bonds. The van der Waals surface area contributed by atoms with Crippen molar-refractivity contribution in [3.8, 4) is 0 Å². The topological polar surface area (TPSA) is 29.1 Å². The van der Waals surface area contributed by atoms with Crippen LogP contribution in [0.2, 0.25) is 0 Å². The van der Waals surface area contributed by atoms with Crippen LogP contribution < -0.4 is 5.32 Å². The molecule has 4 fully saturated rings. The first-order chi connectivity index (χ1) is 11.5. The maximum atomic E-state index is 12.9. The van der Waals surface area contributed by atoms with Crippen LogP contribution in [0.3, 0.4) is 0 Å². The van der Waals surface area contributed by atoms with E-state index in [2.05, 4.69) is 12.2 Å². The zero-order chi connectivity index (χ0) is 16.7. The molecule has 0 aromatic heterocycles. The monoisotopic (exact) mass is 347 g/mol. The van der Waals surface area contributed by atoms with E-state index >= 15 is 0 Å². The molecule has 4 heteroatoms. The molecule has 1 N–H and O–H groups in total. The second-order valence-electron chi connectivity index (χ2n) is 8.31. The van der Waals surface area contributed by atoms with Gasteiger partial charge in [0.25, 0.3) is 0 Å². The molecule has 1 atom stereocenters. The van der Waals surface area contributed by atoms with Crippen molar-refractivity contribution >= 4 is 17.7 Å². The third kappa shape index (κ3) is 3.22. The third-order valence-corrected chi connectivity index (χ3v) is 7.58. The number of carbonyl (C=O) groups excluding carboxylic acids is 1. The SMILES string of the molecule is CC(NC(=O)CSc1ccc(F)cc1)C12CC3CC(CC(C3)C1)C2. The van der Waals surface area contributed by atoms with Crippen molar-refractivity contribution in [3.05, 3.63) is 30.1 Å². The van der Waals surface area contributed by atoms with Gasteiger partial charge in [-0.3, -0.25) is 4.79 Å². The summed E-state index contributed by atoms with van der Waals surface area (Å²) in [5, 5.41) is 3.28. The smallest absolute Gasteiger partial charge is 0.230 e. The first kappa shape index (κ1) is 16.4. The van der Waals surface area contributed by atoms with Crippen molar-refractivity contribution in [2.45, 2.75) is 56.4 Å². The fraction of sp³-hybridized carbons (Fsp3) is 0.650. The number of hydrogen-bond acceptors (Lipinski definition) is 2. The highest BCUT2D eigenvalue weighted by Gasteiger charge is 2.53. The Morgan fingerprint density at radius 3 is 2.25 bits per heavy atom. The summed E-state index contributed by atoms with van der Waals surface area (Å²) in [6.07, 6.45) is 8.23. The number of hydrogen-bond donors (Lipinski definition) is 1. The summed E-state index contributed by atoms with van der Waals surface area (Å²) < 4.78 is 12.9. The van der Waals surface area contributed by atoms with E-state index in [0.717, 1.165) is 22.6 Å². The summed E-state index contributed by atoms with van der Waals surface area (Å²) in [4.78, 5) is 13.3. The highest BCUT2D eigenvalue weighted by atomic mass is 32.2. The normalized spacial score (nSPS) is 35.0. The van der Waals surface area contributed by atoms with Crippen molar-refractivity contribution in [3.63, 3.8) is 0 Å². The van der Waals surface area contributed by atoms with Crippen LogP contribution in [0, 0.1) is 29.0 Å². The Labute approximate surface area is 148 Å². The number of halogens is 1. The second-order valence-corrected chi connectivity index (χ2v) is 9.36. The predicted octanol–water partition coefficient (Wildman–Crippen LogP) is 4.64. The highest BCUT2D eigenvalue weighted by Crippen LogP contribution is 2.61. The van der Waals surface area contributed by atoms with Gasteiger partial charge in [0.05, 0.1) is 5.75 Å². The molecular formula is C20H26FNOS. The van der Waals surface area contributed by atoms with E-state index in [1.54, 1.807) is 12.1 Å². The van der Waals surface area contributed by atoms with Crippen LogP contribution in [0.4, 0.5) is 4.39 Å². The lowest BCUT2D eigenvalue weighted by molar-refractivity contribution is -0.123. The molecule has 0 spiro atoms. The molecule has 0 heterocycles. The van der Waals surface area contributed by atoms with Gasteiger partial charge in [0.2, 0.25) is 5.91 Å². The number of amides is 1. The molecule has 0 radical (unpaired) electrons. The maximum Gasteiger partial charge on any atom is 0.230 e. The molecule has 1 aromatic carbocycles. The molecule has 2 nitrogen and oxygen atoms in total. The molecule has 0 aliphatic heterocycles. The Hall–Kier alpha value is -1.03. The summed E-state index contributed by atoms with van der Waals surface area (Å²) in [5.41, 5.74) is 0.352. The van der Waals surface area contributed by atoms with Crippen LogP contribution in [0.15, 0.2) is 29.2 Å². The number of rotatable bonds is 5. The lowest BCUT2D eigenvalue weighted by Gasteiger charge is -2.59. The average Bonchev–Trinajstić information content (AvgIpc) is 2.53. The van der Waals surface area contributed by atoms with Gasteiger partial charge in [-0.05, 0) is 92.9 Å². The van der Waals surface area contributed by atoms with Crippen molar-refractivity contribution in [1.29, 1.82) is 0 Å². The second kappa shape index (κ2) is 6.36. The van der Waals surface area contributed by atoms with E-state index in [9.17, 15) is 9.18 Å². The number of benzene rings is 1. The van der Waals surface area contributed by atoms with Crippen LogP contribution in [0.1, 0.15) is 45.4 Å². The molecule has 1 aromatic rings. The van der Waals surface area contributed by atoms with Gasteiger partial charge in [0, 0.05) is 10.9 Å². The van der Waals surface area contributed by atoms with Crippen LogP contribution in [0.5, 0.6) is 0 Å². The Kier molecular flexibility index (Phi) is 4.36. The van der Waals surface area contributed by atoms with Gasteiger partial charge in [-0.2, -0.15) is 0 Å². The van der Waals surface area contributed by atoms with Gasteiger partial charge in [-0.25, -0.2) is 4.39 Å². The van der Waals surface area contributed by atoms with E-state index in [1.807, 2.05) is 0 Å². The molecular weight excluding hydrogens is 321 g/mol. The lowest BCUT2D eigenvalue weighted by Crippen LogP contribution is -2.56. The summed E-state index contributed by atoms with van der Waals surface area (Å²) in [7, 11) is 0. The molecule has 130 valence electrons. The molecule has 5 rings (SSSR count). The third-order valence-electron chi connectivity index (χ3n) is 6.57. The van der Waals surface area contributed by atoms with Crippen LogP contribution >= 0.6 is 11.8 Å². The predicted molar refractivity (Wildman–Crippen MR) is 95.3 cm³/mol. The summed E-state index contributed by atoms with van der Waals surface area (Å²) in [6.45, 7) is 2.22. The van der Waals surface area contributed by atoms with E-state index < -0.39 is 0 Å². The summed E-state index contributed by atoms with van der Waals surface area (Å²) in [5.74, 6) is 2.99. The minimum atomic E-state index is -0.237. The Bertz CT molecular complexity index is 579. The highest BCUT2D eigenvalue weighted by molar-refractivity contribution is 8.00. The molecule has 4 aliphatic rings. The van der Waals surface area contributed by atoms with E-state index in [0.29, 0.717) is 11.2 Å². The van der Waals surface area contributed by atoms with Gasteiger partial charge < -0.3 is 5.32 Å². The Morgan fingerprint density at radius 2 is 1.71 bits per heavy atom. The summed E-state index contributed by atoms with van der Waals surface area (Å²) >= 11 is 1.48. The van der Waals surface area contributed by atoms with Crippen molar-refractivity contribution < 1.29 is 9.18 Å². The van der Waals surface area contributed by atoms with Crippen LogP contribution in [-0.2, 0) is 4.79 Å². The average molecular weight is 347 g/mol. The first-order valence-corrected chi connectivity index (χ1v) is 10.2. The zero-order valence-electron chi connectivity index (χ0n) is 14.3. The number of carbonyl (C=O) groups is 1. The Balaban J connectivity index is 1.33. The fourth-order valence-corrected chi connectivity index (χ4v) is 6.53. The molecule has 24 heavy (non-hydrogen) atoms. The van der Waals surface area contributed by atoms with E-state index in [-0.39, 0.29) is 17.8 Å². The van der Waals surface area contributed by atoms with Gasteiger partial charge in [0.15, 0.2) is 0 Å². The molecule has 4 saturated carbocycles. The van der Waals surface area contributed by atoms with Crippen LogP contribution in [-0.4, -0.2) is 17.7 Å². The van der Waals surface area contributed by atoms with Crippen molar-refractivity contribution in [2.24, 2.45) is 23.2 Å². The van der Waals surface area contributed by atoms with Gasteiger partial charge in [0.1, 0.15) is 5.82 Å². The summed E-state index contributed by atoms with van der Waals surface area (Å²) in [6, 6.07) is 6.62. The van der Waals surface area contributed by atoms with Crippen molar-refractivity contribution in [2.75, 3.05) is 5.75 Å². The Morgan fingerprint density at radius 1 is 1.17 bits per heavy atom. The molecule has 4 aliphatic carbocycles. The largest absolute Gasteiger partial charge is 0.352 e. The minimum Gasteiger partial charge on any atom is -0.352 e. The molecule has 4 bridgehead atoms. The lowest BCUT2D eigenvalue weighted by atomic mass is 9.48. The number of thioether (sulfide) groups is 1. The molecule has 1 unspecified atom stereocenters.